The van der Waals surface area contributed by atoms with Crippen LogP contribution in [0.15, 0.2) is 5.38 Å². The van der Waals surface area contributed by atoms with Gasteiger partial charge in [-0.3, -0.25) is 9.69 Å². The smallest absolute Gasteiger partial charge is 0.410 e. The summed E-state index contributed by atoms with van der Waals surface area (Å²) in [6.07, 6.45) is -0.333. The highest BCUT2D eigenvalue weighted by atomic mass is 32.1. The molecular weight excluding hydrogens is 382 g/mol. The molecule has 8 nitrogen and oxygen atoms in total. The lowest BCUT2D eigenvalue weighted by Gasteiger charge is -2.37. The van der Waals surface area contributed by atoms with Crippen molar-refractivity contribution in [3.63, 3.8) is 0 Å². The Balaban J connectivity index is 1.94. The van der Waals surface area contributed by atoms with Gasteiger partial charge in [-0.15, -0.1) is 11.3 Å². The predicted molar refractivity (Wildman–Crippen MR) is 108 cm³/mol. The van der Waals surface area contributed by atoms with Crippen molar-refractivity contribution in [2.45, 2.75) is 46.3 Å². The van der Waals surface area contributed by atoms with Crippen LogP contribution in [-0.4, -0.2) is 72.7 Å². The Morgan fingerprint density at radius 1 is 1.18 bits per heavy atom. The number of hydrogen-bond donors (Lipinski definition) is 1. The van der Waals surface area contributed by atoms with Crippen LogP contribution in [0.2, 0.25) is 0 Å². The maximum absolute atomic E-state index is 12.7. The number of hydrogen-bond acceptors (Lipinski definition) is 7. The van der Waals surface area contributed by atoms with Crippen molar-refractivity contribution in [1.29, 1.82) is 0 Å². The molecule has 0 aliphatic carbocycles. The van der Waals surface area contributed by atoms with Gasteiger partial charge in [0.1, 0.15) is 10.5 Å². The van der Waals surface area contributed by atoms with Gasteiger partial charge in [0.15, 0.2) is 0 Å². The van der Waals surface area contributed by atoms with E-state index in [-0.39, 0.29) is 12.0 Å². The predicted octanol–water partition coefficient (Wildman–Crippen LogP) is 2.72. The number of piperazine rings is 1. The molecule has 1 aromatic heterocycles. The van der Waals surface area contributed by atoms with Gasteiger partial charge in [-0.05, 0) is 45.6 Å². The van der Waals surface area contributed by atoms with E-state index in [0.717, 1.165) is 5.56 Å². The molecule has 2 heterocycles. The molecule has 9 heteroatoms. The summed E-state index contributed by atoms with van der Waals surface area (Å²) in [6.45, 7) is 11.3. The first-order valence-corrected chi connectivity index (χ1v) is 10.1. The monoisotopic (exact) mass is 411 g/mol. The Bertz CT molecular complexity index is 732. The lowest BCUT2D eigenvalue weighted by molar-refractivity contribution is -0.121. The Morgan fingerprint density at radius 2 is 1.79 bits per heavy atom. The number of carbonyl (C=O) groups excluding carboxylic acids is 3. The van der Waals surface area contributed by atoms with Crippen molar-refractivity contribution in [1.82, 2.24) is 9.80 Å². The van der Waals surface area contributed by atoms with Gasteiger partial charge < -0.3 is 19.7 Å². The number of esters is 1. The van der Waals surface area contributed by atoms with Crippen LogP contribution in [0.4, 0.5) is 10.5 Å². The van der Waals surface area contributed by atoms with Crippen LogP contribution >= 0.6 is 11.3 Å². The van der Waals surface area contributed by atoms with Gasteiger partial charge in [-0.25, -0.2) is 9.59 Å². The summed E-state index contributed by atoms with van der Waals surface area (Å²) in [7, 11) is 1.32. The molecule has 1 saturated heterocycles. The molecule has 1 aliphatic heterocycles. The minimum atomic E-state index is -0.531. The molecule has 0 aromatic carbocycles. The van der Waals surface area contributed by atoms with Crippen LogP contribution in [0.1, 0.15) is 42.9 Å². The molecule has 1 fully saturated rings. The molecule has 1 unspecified atom stereocenters. The van der Waals surface area contributed by atoms with Gasteiger partial charge in [-0.1, -0.05) is 0 Å². The third kappa shape index (κ3) is 5.45. The van der Waals surface area contributed by atoms with E-state index in [2.05, 4.69) is 5.32 Å². The van der Waals surface area contributed by atoms with E-state index in [1.54, 1.807) is 4.90 Å². The van der Waals surface area contributed by atoms with Crippen LogP contribution in [-0.2, 0) is 14.3 Å². The average Bonchev–Trinajstić information content (AvgIpc) is 2.99. The second-order valence-corrected chi connectivity index (χ2v) is 8.66. The van der Waals surface area contributed by atoms with Gasteiger partial charge in [-0.2, -0.15) is 0 Å². The van der Waals surface area contributed by atoms with E-state index >= 15 is 0 Å². The van der Waals surface area contributed by atoms with E-state index < -0.39 is 17.6 Å². The van der Waals surface area contributed by atoms with Crippen LogP contribution < -0.4 is 5.32 Å². The van der Waals surface area contributed by atoms with Gasteiger partial charge in [0.05, 0.1) is 18.8 Å². The number of anilines is 1. The lowest BCUT2D eigenvalue weighted by Crippen LogP contribution is -2.54. The third-order valence-electron chi connectivity index (χ3n) is 4.49. The number of rotatable bonds is 4. The van der Waals surface area contributed by atoms with Crippen molar-refractivity contribution in [2.75, 3.05) is 38.6 Å². The first kappa shape index (κ1) is 22.2. The maximum atomic E-state index is 12.7. The zero-order chi connectivity index (χ0) is 21.1. The fraction of sp³-hybridized carbons (Fsp3) is 0.632. The van der Waals surface area contributed by atoms with Crippen LogP contribution in [0.5, 0.6) is 0 Å². The number of amides is 2. The number of carbonyl (C=O) groups is 3. The van der Waals surface area contributed by atoms with Crippen molar-refractivity contribution in [3.05, 3.63) is 15.8 Å². The van der Waals surface area contributed by atoms with E-state index in [1.165, 1.54) is 18.4 Å². The van der Waals surface area contributed by atoms with Crippen LogP contribution in [0.3, 0.4) is 0 Å². The minimum absolute atomic E-state index is 0.197. The summed E-state index contributed by atoms with van der Waals surface area (Å²) in [5.74, 6) is -0.663. The molecular formula is C19H29N3O5S. The zero-order valence-electron chi connectivity index (χ0n) is 17.3. The molecule has 2 amide bonds. The second-order valence-electron chi connectivity index (χ2n) is 7.78. The highest BCUT2D eigenvalue weighted by Crippen LogP contribution is 2.28. The quantitative estimate of drug-likeness (QED) is 0.767. The molecule has 1 aromatic rings. The fourth-order valence-electron chi connectivity index (χ4n) is 2.85. The summed E-state index contributed by atoms with van der Waals surface area (Å²) < 4.78 is 10.2. The summed E-state index contributed by atoms with van der Waals surface area (Å²) in [5.41, 5.74) is 0.790. The summed E-state index contributed by atoms with van der Waals surface area (Å²) in [4.78, 5) is 40.8. The normalized spacial score (nSPS) is 16.4. The second kappa shape index (κ2) is 8.91. The molecule has 1 atom stereocenters. The zero-order valence-corrected chi connectivity index (χ0v) is 18.1. The highest BCUT2D eigenvalue weighted by molar-refractivity contribution is 7.12. The third-order valence-corrected chi connectivity index (χ3v) is 5.56. The average molecular weight is 412 g/mol. The summed E-state index contributed by atoms with van der Waals surface area (Å²) in [5, 5.41) is 4.67. The number of nitrogens with one attached hydrogen (secondary N) is 1. The number of thiophene rings is 1. The van der Waals surface area contributed by atoms with E-state index in [0.29, 0.717) is 36.7 Å². The van der Waals surface area contributed by atoms with Crippen LogP contribution in [0, 0.1) is 6.92 Å². The van der Waals surface area contributed by atoms with Crippen molar-refractivity contribution >= 4 is 35.0 Å². The van der Waals surface area contributed by atoms with Crippen molar-refractivity contribution in [3.8, 4) is 0 Å². The van der Waals surface area contributed by atoms with E-state index in [4.69, 9.17) is 9.47 Å². The van der Waals surface area contributed by atoms with E-state index in [9.17, 15) is 14.4 Å². The fourth-order valence-corrected chi connectivity index (χ4v) is 3.78. The standard InChI is InChI=1S/C19H29N3O5S/c1-12-11-28-15(17(24)26-6)14(12)20-16(23)13(2)21-7-9-22(10-8-21)18(25)27-19(3,4)5/h11,13H,7-10H2,1-6H3,(H,20,23). The first-order chi connectivity index (χ1) is 13.0. The SMILES string of the molecule is COC(=O)c1scc(C)c1NC(=O)C(C)N1CCN(C(=O)OC(C)(C)C)CC1. The van der Waals surface area contributed by atoms with Gasteiger partial charge >= 0.3 is 12.1 Å². The molecule has 0 bridgehead atoms. The maximum Gasteiger partial charge on any atom is 0.410 e. The molecule has 2 rings (SSSR count). The molecule has 0 spiro atoms. The van der Waals surface area contributed by atoms with Crippen molar-refractivity contribution < 1.29 is 23.9 Å². The number of ether oxygens (including phenoxy) is 2. The molecule has 0 radical (unpaired) electrons. The van der Waals surface area contributed by atoms with E-state index in [1.807, 2.05) is 44.9 Å². The summed E-state index contributed by atoms with van der Waals surface area (Å²) in [6, 6.07) is -0.398. The lowest BCUT2D eigenvalue weighted by atomic mass is 10.2. The number of nitrogens with zero attached hydrogens (tertiary/aromatic N) is 2. The topological polar surface area (TPSA) is 88.2 Å². The van der Waals surface area contributed by atoms with Gasteiger partial charge in [0.2, 0.25) is 5.91 Å². The first-order valence-electron chi connectivity index (χ1n) is 9.22. The van der Waals surface area contributed by atoms with Crippen LogP contribution in [0.25, 0.3) is 0 Å². The molecule has 156 valence electrons. The largest absolute Gasteiger partial charge is 0.465 e. The highest BCUT2D eigenvalue weighted by Gasteiger charge is 2.30. The summed E-state index contributed by atoms with van der Waals surface area (Å²) >= 11 is 1.25. The molecule has 0 saturated carbocycles. The van der Waals surface area contributed by atoms with Crippen molar-refractivity contribution in [2.24, 2.45) is 0 Å². The Labute approximate surface area is 169 Å². The Kier molecular flexibility index (Phi) is 7.06. The minimum Gasteiger partial charge on any atom is -0.465 e. The Hall–Kier alpha value is -2.13. The molecule has 28 heavy (non-hydrogen) atoms. The molecule has 1 N–H and O–H groups in total. The number of methoxy groups -OCH3 is 1. The van der Waals surface area contributed by atoms with Gasteiger partial charge in [0, 0.05) is 26.2 Å². The molecule has 1 aliphatic rings. The Morgan fingerprint density at radius 3 is 2.32 bits per heavy atom. The number of aryl methyl sites for hydroxylation is 1. The van der Waals surface area contributed by atoms with Gasteiger partial charge in [0.25, 0.3) is 0 Å².